The fraction of sp³-hybridized carbons (Fsp3) is 0.385. The molecule has 1 fully saturated rings. The van der Waals surface area contributed by atoms with E-state index < -0.39 is 6.04 Å². The van der Waals surface area contributed by atoms with E-state index in [4.69, 9.17) is 0 Å². The summed E-state index contributed by atoms with van der Waals surface area (Å²) in [6.07, 6.45) is 0.963. The minimum Gasteiger partial charge on any atom is -0.343 e. The average Bonchev–Trinajstić information content (AvgIpc) is 2.34. The molecule has 1 aliphatic heterocycles. The molecule has 1 heterocycles. The van der Waals surface area contributed by atoms with Gasteiger partial charge in [-0.25, -0.2) is 0 Å². The second-order valence-corrected chi connectivity index (χ2v) is 4.23. The lowest BCUT2D eigenvalue weighted by Gasteiger charge is -2.30. The number of rotatable bonds is 2. The quantitative estimate of drug-likeness (QED) is 0.830. The van der Waals surface area contributed by atoms with E-state index in [0.717, 1.165) is 12.1 Å². The van der Waals surface area contributed by atoms with Crippen molar-refractivity contribution in [1.29, 1.82) is 0 Å². The number of amides is 2. The van der Waals surface area contributed by atoms with Crippen molar-refractivity contribution in [2.24, 2.45) is 0 Å². The molecule has 1 aromatic rings. The van der Waals surface area contributed by atoms with Crippen LogP contribution >= 0.6 is 0 Å². The van der Waals surface area contributed by atoms with Crippen molar-refractivity contribution in [1.82, 2.24) is 5.32 Å². The summed E-state index contributed by atoms with van der Waals surface area (Å²) in [6, 6.07) is 7.31. The summed E-state index contributed by atoms with van der Waals surface area (Å²) in [5.74, 6) is -0.175. The number of hydrogen-bond donors (Lipinski definition) is 1. The van der Waals surface area contributed by atoms with Gasteiger partial charge in [-0.15, -0.1) is 0 Å². The number of carbonyl (C=O) groups excluding carboxylic acids is 2. The Morgan fingerprint density at radius 3 is 2.53 bits per heavy atom. The third kappa shape index (κ3) is 2.30. The Morgan fingerprint density at radius 2 is 1.94 bits per heavy atom. The number of benzene rings is 1. The molecule has 1 unspecified atom stereocenters. The van der Waals surface area contributed by atoms with Crippen molar-refractivity contribution in [3.05, 3.63) is 29.8 Å². The van der Waals surface area contributed by atoms with Gasteiger partial charge in [-0.3, -0.25) is 9.59 Å². The summed E-state index contributed by atoms with van der Waals surface area (Å²) in [4.78, 5) is 24.9. The fourth-order valence-electron chi connectivity index (χ4n) is 1.93. The van der Waals surface area contributed by atoms with Crippen molar-refractivity contribution >= 4 is 17.5 Å². The van der Waals surface area contributed by atoms with E-state index in [0.29, 0.717) is 0 Å². The van der Waals surface area contributed by atoms with Crippen LogP contribution in [0, 0.1) is 0 Å². The van der Waals surface area contributed by atoms with Crippen LogP contribution in [0.1, 0.15) is 19.4 Å². The molecule has 1 aromatic carbocycles. The standard InChI is InChI=1S/C13H16N2O2/c1-3-10-4-6-11(7-5-10)15-8-12(16)14-9(2)13(15)17/h4-7,9H,3,8H2,1-2H3,(H,14,16). The van der Waals surface area contributed by atoms with Crippen LogP contribution in [0.15, 0.2) is 24.3 Å². The van der Waals surface area contributed by atoms with Crippen LogP contribution in [0.25, 0.3) is 0 Å². The minimum absolute atomic E-state index is 0.0613. The number of aryl methyl sites for hydroxylation is 1. The Labute approximate surface area is 101 Å². The highest BCUT2D eigenvalue weighted by atomic mass is 16.2. The van der Waals surface area contributed by atoms with Gasteiger partial charge in [-0.05, 0) is 31.0 Å². The summed E-state index contributed by atoms with van der Waals surface area (Å²) in [5.41, 5.74) is 2.00. The van der Waals surface area contributed by atoms with Gasteiger partial charge in [-0.2, -0.15) is 0 Å². The zero-order valence-electron chi connectivity index (χ0n) is 10.1. The maximum absolute atomic E-state index is 11.9. The van der Waals surface area contributed by atoms with E-state index in [2.05, 4.69) is 12.2 Å². The fourth-order valence-corrected chi connectivity index (χ4v) is 1.93. The molecule has 0 spiro atoms. The largest absolute Gasteiger partial charge is 0.343 e. The first-order chi connectivity index (χ1) is 8.11. The maximum atomic E-state index is 11.9. The zero-order valence-corrected chi connectivity index (χ0v) is 10.1. The maximum Gasteiger partial charge on any atom is 0.249 e. The zero-order chi connectivity index (χ0) is 12.4. The van der Waals surface area contributed by atoms with Gasteiger partial charge < -0.3 is 10.2 Å². The Hall–Kier alpha value is -1.84. The monoisotopic (exact) mass is 232 g/mol. The highest BCUT2D eigenvalue weighted by Crippen LogP contribution is 2.18. The van der Waals surface area contributed by atoms with Crippen molar-refractivity contribution in [3.63, 3.8) is 0 Å². The first-order valence-electron chi connectivity index (χ1n) is 5.81. The molecule has 4 heteroatoms. The van der Waals surface area contributed by atoms with Crippen molar-refractivity contribution in [3.8, 4) is 0 Å². The highest BCUT2D eigenvalue weighted by molar-refractivity contribution is 6.06. The average molecular weight is 232 g/mol. The van der Waals surface area contributed by atoms with Crippen LogP contribution in [0.2, 0.25) is 0 Å². The number of carbonyl (C=O) groups is 2. The Morgan fingerprint density at radius 1 is 1.29 bits per heavy atom. The van der Waals surface area contributed by atoms with E-state index >= 15 is 0 Å². The lowest BCUT2D eigenvalue weighted by molar-refractivity contribution is -0.130. The lowest BCUT2D eigenvalue weighted by Crippen LogP contribution is -2.57. The highest BCUT2D eigenvalue weighted by Gasteiger charge is 2.30. The Balaban J connectivity index is 2.25. The third-order valence-corrected chi connectivity index (χ3v) is 2.97. The summed E-state index contributed by atoms with van der Waals surface area (Å²) in [7, 11) is 0. The van der Waals surface area contributed by atoms with Gasteiger partial charge in [0.15, 0.2) is 0 Å². The van der Waals surface area contributed by atoms with Crippen LogP contribution < -0.4 is 10.2 Å². The smallest absolute Gasteiger partial charge is 0.249 e. The van der Waals surface area contributed by atoms with Crippen LogP contribution in [-0.4, -0.2) is 24.4 Å². The molecule has 1 aliphatic rings. The van der Waals surface area contributed by atoms with Gasteiger partial charge in [-0.1, -0.05) is 19.1 Å². The van der Waals surface area contributed by atoms with Gasteiger partial charge >= 0.3 is 0 Å². The molecule has 4 nitrogen and oxygen atoms in total. The predicted octanol–water partition coefficient (Wildman–Crippen LogP) is 1.10. The number of anilines is 1. The van der Waals surface area contributed by atoms with Crippen molar-refractivity contribution < 1.29 is 9.59 Å². The van der Waals surface area contributed by atoms with Gasteiger partial charge in [0.2, 0.25) is 11.8 Å². The first-order valence-corrected chi connectivity index (χ1v) is 5.81. The molecule has 17 heavy (non-hydrogen) atoms. The summed E-state index contributed by atoms with van der Waals surface area (Å²) in [5, 5.41) is 2.62. The molecule has 2 rings (SSSR count). The topological polar surface area (TPSA) is 49.4 Å². The van der Waals surface area contributed by atoms with E-state index in [9.17, 15) is 9.59 Å². The van der Waals surface area contributed by atoms with E-state index in [1.165, 1.54) is 10.5 Å². The summed E-state index contributed by atoms with van der Waals surface area (Å²) >= 11 is 0. The SMILES string of the molecule is CCc1ccc(N2CC(=O)NC(C)C2=O)cc1. The third-order valence-electron chi connectivity index (χ3n) is 2.97. The normalized spacial score (nSPS) is 20.4. The Bertz CT molecular complexity index is 439. The van der Waals surface area contributed by atoms with Crippen LogP contribution in [-0.2, 0) is 16.0 Å². The molecule has 0 aliphatic carbocycles. The molecule has 0 radical (unpaired) electrons. The van der Waals surface area contributed by atoms with E-state index in [1.54, 1.807) is 6.92 Å². The molecule has 1 saturated heterocycles. The first kappa shape index (κ1) is 11.6. The molecular weight excluding hydrogens is 216 g/mol. The van der Waals surface area contributed by atoms with Gasteiger partial charge in [0.25, 0.3) is 0 Å². The molecular formula is C13H16N2O2. The number of hydrogen-bond acceptors (Lipinski definition) is 2. The number of piperazine rings is 1. The molecule has 1 N–H and O–H groups in total. The molecule has 90 valence electrons. The van der Waals surface area contributed by atoms with E-state index in [-0.39, 0.29) is 18.4 Å². The van der Waals surface area contributed by atoms with Crippen LogP contribution in [0.3, 0.4) is 0 Å². The van der Waals surface area contributed by atoms with Gasteiger partial charge in [0.05, 0.1) is 0 Å². The summed E-state index contributed by atoms with van der Waals surface area (Å²) < 4.78 is 0. The second-order valence-electron chi connectivity index (χ2n) is 4.23. The van der Waals surface area contributed by atoms with Crippen LogP contribution in [0.5, 0.6) is 0 Å². The second kappa shape index (κ2) is 4.57. The molecule has 2 amide bonds. The van der Waals surface area contributed by atoms with Crippen molar-refractivity contribution in [2.75, 3.05) is 11.4 Å². The molecule has 1 atom stereocenters. The number of nitrogens with zero attached hydrogens (tertiary/aromatic N) is 1. The molecule has 0 saturated carbocycles. The number of nitrogens with one attached hydrogen (secondary N) is 1. The van der Waals surface area contributed by atoms with Gasteiger partial charge in [0, 0.05) is 5.69 Å². The predicted molar refractivity (Wildman–Crippen MR) is 65.8 cm³/mol. The summed E-state index contributed by atoms with van der Waals surface area (Å²) in [6.45, 7) is 3.89. The van der Waals surface area contributed by atoms with Crippen molar-refractivity contribution in [2.45, 2.75) is 26.3 Å². The van der Waals surface area contributed by atoms with Crippen LogP contribution in [0.4, 0.5) is 5.69 Å². The molecule has 0 aromatic heterocycles. The van der Waals surface area contributed by atoms with E-state index in [1.807, 2.05) is 24.3 Å². The molecule has 0 bridgehead atoms. The minimum atomic E-state index is -0.442. The lowest BCUT2D eigenvalue weighted by atomic mass is 10.1. The Kier molecular flexibility index (Phi) is 3.13. The van der Waals surface area contributed by atoms with Gasteiger partial charge in [0.1, 0.15) is 12.6 Å².